The van der Waals surface area contributed by atoms with Crippen molar-refractivity contribution < 1.29 is 4.79 Å². The molecule has 104 valence electrons. The molecule has 0 saturated heterocycles. The van der Waals surface area contributed by atoms with Gasteiger partial charge in [0.2, 0.25) is 5.91 Å². The zero-order valence-corrected chi connectivity index (χ0v) is 12.7. The molecule has 2 heterocycles. The molecular weight excluding hydrogens is 319 g/mol. The maximum atomic E-state index is 12.0. The molecule has 0 aliphatic rings. The fraction of sp³-hybridized carbons (Fsp3) is 0.167. The maximum Gasteiger partial charge on any atom is 0.238 e. The van der Waals surface area contributed by atoms with Gasteiger partial charge in [-0.3, -0.25) is 4.79 Å². The highest BCUT2D eigenvalue weighted by atomic mass is 35.5. The zero-order chi connectivity index (χ0) is 14.5. The zero-order valence-electron chi connectivity index (χ0n) is 10.4. The van der Waals surface area contributed by atoms with Gasteiger partial charge in [-0.05, 0) is 19.1 Å². The van der Waals surface area contributed by atoms with Gasteiger partial charge in [0.1, 0.15) is 0 Å². The Morgan fingerprint density at radius 3 is 2.65 bits per heavy atom. The van der Waals surface area contributed by atoms with E-state index in [1.165, 1.54) is 24.0 Å². The lowest BCUT2D eigenvalue weighted by Crippen LogP contribution is -2.23. The van der Waals surface area contributed by atoms with E-state index in [2.05, 4.69) is 20.3 Å². The Kier molecular flexibility index (Phi) is 5.17. The molecular formula is C12H10Cl2N4OS. The van der Waals surface area contributed by atoms with Gasteiger partial charge in [-0.15, -0.1) is 0 Å². The number of thioether (sulfide) groups is 1. The number of rotatable bonds is 4. The summed E-state index contributed by atoms with van der Waals surface area (Å²) in [6, 6.07) is 3.23. The van der Waals surface area contributed by atoms with Gasteiger partial charge in [0.05, 0.1) is 15.3 Å². The minimum Gasteiger partial charge on any atom is -0.308 e. The van der Waals surface area contributed by atoms with Crippen molar-refractivity contribution in [3.8, 4) is 0 Å². The van der Waals surface area contributed by atoms with Crippen LogP contribution in [0.3, 0.4) is 0 Å². The van der Waals surface area contributed by atoms with E-state index < -0.39 is 0 Å². The minimum atomic E-state index is -0.383. The van der Waals surface area contributed by atoms with E-state index in [1.807, 2.05) is 0 Å². The third-order valence-corrected chi connectivity index (χ3v) is 3.73. The second-order valence-electron chi connectivity index (χ2n) is 3.76. The fourth-order valence-corrected chi connectivity index (χ4v) is 2.44. The molecule has 1 amide bonds. The highest BCUT2D eigenvalue weighted by Crippen LogP contribution is 2.24. The average Bonchev–Trinajstić information content (AvgIpc) is 2.43. The van der Waals surface area contributed by atoms with Crippen LogP contribution in [0.1, 0.15) is 6.92 Å². The summed E-state index contributed by atoms with van der Waals surface area (Å²) < 4.78 is 0. The standard InChI is InChI=1S/C12H10Cl2N4OS/c1-7(20-12-15-3-2-4-16-12)11(19)18-10-9(14)5-8(13)6-17-10/h2-7H,1H3,(H,17,18,19)/t7-/m0/s1. The number of nitrogens with zero attached hydrogens (tertiary/aromatic N) is 3. The Morgan fingerprint density at radius 1 is 1.30 bits per heavy atom. The second kappa shape index (κ2) is 6.88. The molecule has 2 aromatic heterocycles. The van der Waals surface area contributed by atoms with Gasteiger partial charge in [0.15, 0.2) is 11.0 Å². The molecule has 1 N–H and O–H groups in total. The van der Waals surface area contributed by atoms with E-state index >= 15 is 0 Å². The molecule has 0 fully saturated rings. The highest BCUT2D eigenvalue weighted by Gasteiger charge is 2.17. The third-order valence-electron chi connectivity index (χ3n) is 2.24. The molecule has 2 aromatic rings. The summed E-state index contributed by atoms with van der Waals surface area (Å²) in [5, 5.41) is 3.49. The van der Waals surface area contributed by atoms with E-state index in [1.54, 1.807) is 25.4 Å². The number of aromatic nitrogens is 3. The SMILES string of the molecule is C[C@H](Sc1ncccn1)C(=O)Nc1ncc(Cl)cc1Cl. The molecule has 0 aliphatic heterocycles. The number of halogens is 2. The Balaban J connectivity index is 2.01. The largest absolute Gasteiger partial charge is 0.308 e. The van der Waals surface area contributed by atoms with Gasteiger partial charge >= 0.3 is 0 Å². The van der Waals surface area contributed by atoms with Crippen LogP contribution in [0.4, 0.5) is 5.82 Å². The maximum absolute atomic E-state index is 12.0. The molecule has 20 heavy (non-hydrogen) atoms. The van der Waals surface area contributed by atoms with Crippen LogP contribution in [0.25, 0.3) is 0 Å². The molecule has 0 saturated carbocycles. The number of amides is 1. The lowest BCUT2D eigenvalue weighted by molar-refractivity contribution is -0.115. The predicted molar refractivity (Wildman–Crippen MR) is 80.2 cm³/mol. The van der Waals surface area contributed by atoms with Crippen LogP contribution in [-0.2, 0) is 4.79 Å². The summed E-state index contributed by atoms with van der Waals surface area (Å²) in [4.78, 5) is 24.1. The topological polar surface area (TPSA) is 67.8 Å². The van der Waals surface area contributed by atoms with Crippen molar-refractivity contribution in [1.82, 2.24) is 15.0 Å². The highest BCUT2D eigenvalue weighted by molar-refractivity contribution is 8.00. The molecule has 0 aliphatic carbocycles. The molecule has 0 spiro atoms. The van der Waals surface area contributed by atoms with Gasteiger partial charge in [-0.25, -0.2) is 15.0 Å². The molecule has 0 aromatic carbocycles. The molecule has 1 atom stereocenters. The summed E-state index contributed by atoms with van der Waals surface area (Å²) in [5.41, 5.74) is 0. The van der Waals surface area contributed by atoms with Crippen molar-refractivity contribution in [2.75, 3.05) is 5.32 Å². The Labute approximate surface area is 130 Å². The number of hydrogen-bond acceptors (Lipinski definition) is 5. The first-order chi connectivity index (χ1) is 9.56. The van der Waals surface area contributed by atoms with Crippen LogP contribution < -0.4 is 5.32 Å². The van der Waals surface area contributed by atoms with Gasteiger partial charge in [-0.2, -0.15) is 0 Å². The Bertz CT molecular complexity index is 612. The molecule has 5 nitrogen and oxygen atoms in total. The molecule has 8 heteroatoms. The van der Waals surface area contributed by atoms with Crippen LogP contribution in [-0.4, -0.2) is 26.1 Å². The van der Waals surface area contributed by atoms with Crippen LogP contribution in [0.5, 0.6) is 0 Å². The van der Waals surface area contributed by atoms with Crippen LogP contribution in [0.2, 0.25) is 10.0 Å². The monoisotopic (exact) mass is 328 g/mol. The first kappa shape index (κ1) is 15.0. The summed E-state index contributed by atoms with van der Waals surface area (Å²) in [6.07, 6.45) is 4.66. The van der Waals surface area contributed by atoms with E-state index in [4.69, 9.17) is 23.2 Å². The lowest BCUT2D eigenvalue weighted by atomic mass is 10.4. The van der Waals surface area contributed by atoms with Crippen molar-refractivity contribution in [3.63, 3.8) is 0 Å². The quantitative estimate of drug-likeness (QED) is 0.688. The van der Waals surface area contributed by atoms with E-state index in [-0.39, 0.29) is 17.0 Å². The lowest BCUT2D eigenvalue weighted by Gasteiger charge is -2.11. The smallest absolute Gasteiger partial charge is 0.238 e. The van der Waals surface area contributed by atoms with Gasteiger partial charge < -0.3 is 5.32 Å². The molecule has 0 unspecified atom stereocenters. The second-order valence-corrected chi connectivity index (χ2v) is 5.92. The average molecular weight is 329 g/mol. The molecule has 2 rings (SSSR count). The first-order valence-electron chi connectivity index (χ1n) is 5.62. The Hall–Kier alpha value is -1.37. The number of pyridine rings is 1. The fourth-order valence-electron chi connectivity index (χ4n) is 1.28. The van der Waals surface area contributed by atoms with Crippen LogP contribution in [0.15, 0.2) is 35.9 Å². The van der Waals surface area contributed by atoms with E-state index in [0.29, 0.717) is 15.2 Å². The van der Waals surface area contributed by atoms with Crippen molar-refractivity contribution in [3.05, 3.63) is 40.8 Å². The minimum absolute atomic E-state index is 0.237. The van der Waals surface area contributed by atoms with Crippen LogP contribution >= 0.6 is 35.0 Å². The third kappa shape index (κ3) is 4.06. The number of anilines is 1. The molecule has 0 bridgehead atoms. The number of nitrogens with one attached hydrogen (secondary N) is 1. The summed E-state index contributed by atoms with van der Waals surface area (Å²) in [6.45, 7) is 1.75. The van der Waals surface area contributed by atoms with Gasteiger partial charge in [0, 0.05) is 18.6 Å². The number of hydrogen-bond donors (Lipinski definition) is 1. The van der Waals surface area contributed by atoms with E-state index in [9.17, 15) is 4.79 Å². The summed E-state index contributed by atoms with van der Waals surface area (Å²) >= 11 is 12.9. The number of carbonyl (C=O) groups excluding carboxylic acids is 1. The van der Waals surface area contributed by atoms with Gasteiger partial charge in [0.25, 0.3) is 0 Å². The predicted octanol–water partition coefficient (Wildman–Crippen LogP) is 3.30. The normalized spacial score (nSPS) is 11.9. The van der Waals surface area contributed by atoms with Gasteiger partial charge in [-0.1, -0.05) is 35.0 Å². The summed E-state index contributed by atoms with van der Waals surface area (Å²) in [5.74, 6) is 0.0432. The first-order valence-corrected chi connectivity index (χ1v) is 7.25. The van der Waals surface area contributed by atoms with Crippen molar-refractivity contribution in [2.45, 2.75) is 17.3 Å². The van der Waals surface area contributed by atoms with Crippen LogP contribution in [0, 0.1) is 0 Å². The van der Waals surface area contributed by atoms with Crippen molar-refractivity contribution >= 4 is 46.7 Å². The van der Waals surface area contributed by atoms with Crippen molar-refractivity contribution in [2.24, 2.45) is 0 Å². The van der Waals surface area contributed by atoms with E-state index in [0.717, 1.165) is 0 Å². The molecule has 0 radical (unpaired) electrons. The number of carbonyl (C=O) groups is 1. The Morgan fingerprint density at radius 2 is 2.00 bits per heavy atom. The van der Waals surface area contributed by atoms with Crippen molar-refractivity contribution in [1.29, 1.82) is 0 Å². The summed E-state index contributed by atoms with van der Waals surface area (Å²) in [7, 11) is 0.